The molecule has 82 valence electrons. The van der Waals surface area contributed by atoms with Crippen molar-refractivity contribution in [2.24, 2.45) is 5.92 Å². The van der Waals surface area contributed by atoms with Gasteiger partial charge >= 0.3 is 0 Å². The lowest BCUT2D eigenvalue weighted by molar-refractivity contribution is 0.135. The molecule has 0 spiro atoms. The summed E-state index contributed by atoms with van der Waals surface area (Å²) < 4.78 is 18.5. The molecule has 0 aliphatic heterocycles. The van der Waals surface area contributed by atoms with E-state index < -0.39 is 0 Å². The van der Waals surface area contributed by atoms with E-state index in [0.717, 1.165) is 24.5 Å². The van der Waals surface area contributed by atoms with Crippen molar-refractivity contribution >= 4 is 0 Å². The van der Waals surface area contributed by atoms with Gasteiger partial charge in [-0.25, -0.2) is 4.39 Å². The lowest BCUT2D eigenvalue weighted by Gasteiger charge is -2.26. The second kappa shape index (κ2) is 4.65. The first kappa shape index (κ1) is 10.5. The Morgan fingerprint density at radius 1 is 1.07 bits per heavy atom. The van der Waals surface area contributed by atoms with E-state index in [-0.39, 0.29) is 5.82 Å². The predicted octanol–water partition coefficient (Wildman–Crippen LogP) is 3.78. The van der Waals surface area contributed by atoms with Crippen LogP contribution >= 0.6 is 0 Å². The van der Waals surface area contributed by atoms with E-state index in [1.807, 2.05) is 0 Å². The fourth-order valence-corrected chi connectivity index (χ4v) is 2.05. The maximum atomic E-state index is 12.7. The average Bonchev–Trinajstić information content (AvgIpc) is 2.25. The molecular formula is C13H17FO. The fraction of sp³-hybridized carbons (Fsp3) is 0.538. The molecule has 0 aromatic heterocycles. The van der Waals surface area contributed by atoms with Crippen molar-refractivity contribution in [1.29, 1.82) is 0 Å². The van der Waals surface area contributed by atoms with E-state index in [2.05, 4.69) is 6.92 Å². The third kappa shape index (κ3) is 2.95. The Bertz CT molecular complexity index is 299. The molecular weight excluding hydrogens is 191 g/mol. The number of hydrogen-bond acceptors (Lipinski definition) is 1. The van der Waals surface area contributed by atoms with Gasteiger partial charge in [0.2, 0.25) is 0 Å². The molecule has 1 saturated carbocycles. The lowest BCUT2D eigenvalue weighted by Crippen LogP contribution is -2.22. The molecule has 0 bridgehead atoms. The van der Waals surface area contributed by atoms with Crippen LogP contribution in [0.4, 0.5) is 4.39 Å². The van der Waals surface area contributed by atoms with Gasteiger partial charge in [-0.1, -0.05) is 6.92 Å². The van der Waals surface area contributed by atoms with Crippen LogP contribution in [0.15, 0.2) is 24.3 Å². The first-order valence-electron chi connectivity index (χ1n) is 5.66. The third-order valence-corrected chi connectivity index (χ3v) is 3.08. The smallest absolute Gasteiger partial charge is 0.123 e. The number of hydrogen-bond donors (Lipinski definition) is 0. The molecule has 0 saturated heterocycles. The van der Waals surface area contributed by atoms with Gasteiger partial charge in [0.05, 0.1) is 6.10 Å². The summed E-state index contributed by atoms with van der Waals surface area (Å²) in [7, 11) is 0. The first-order valence-corrected chi connectivity index (χ1v) is 5.66. The summed E-state index contributed by atoms with van der Waals surface area (Å²) in [6.07, 6.45) is 5.06. The highest BCUT2D eigenvalue weighted by atomic mass is 19.1. The van der Waals surface area contributed by atoms with Gasteiger partial charge in [-0.05, 0) is 55.9 Å². The second-order valence-corrected chi connectivity index (χ2v) is 4.45. The minimum Gasteiger partial charge on any atom is -0.490 e. The third-order valence-electron chi connectivity index (χ3n) is 3.08. The van der Waals surface area contributed by atoms with Gasteiger partial charge in [0.15, 0.2) is 0 Å². The van der Waals surface area contributed by atoms with Crippen molar-refractivity contribution in [3.05, 3.63) is 30.1 Å². The van der Waals surface area contributed by atoms with Gasteiger partial charge in [0.1, 0.15) is 11.6 Å². The summed E-state index contributed by atoms with van der Waals surface area (Å²) >= 11 is 0. The van der Waals surface area contributed by atoms with Gasteiger partial charge in [0.25, 0.3) is 0 Å². The summed E-state index contributed by atoms with van der Waals surface area (Å²) in [6, 6.07) is 6.29. The number of benzene rings is 1. The van der Waals surface area contributed by atoms with Crippen LogP contribution in [0.1, 0.15) is 32.6 Å². The molecule has 0 atom stereocenters. The number of halogens is 1. The summed E-state index contributed by atoms with van der Waals surface area (Å²) in [6.45, 7) is 2.29. The average molecular weight is 208 g/mol. The van der Waals surface area contributed by atoms with Crippen LogP contribution in [-0.2, 0) is 0 Å². The van der Waals surface area contributed by atoms with Crippen LogP contribution in [0.3, 0.4) is 0 Å². The van der Waals surface area contributed by atoms with Crippen molar-refractivity contribution in [3.63, 3.8) is 0 Å². The SMILES string of the molecule is CC1CCC(Oc2ccc(F)cc2)CC1. The number of ether oxygens (including phenoxy) is 1. The highest BCUT2D eigenvalue weighted by molar-refractivity contribution is 5.22. The summed E-state index contributed by atoms with van der Waals surface area (Å²) in [4.78, 5) is 0. The van der Waals surface area contributed by atoms with Gasteiger partial charge in [-0.2, -0.15) is 0 Å². The summed E-state index contributed by atoms with van der Waals surface area (Å²) in [5, 5.41) is 0. The maximum Gasteiger partial charge on any atom is 0.123 e. The van der Waals surface area contributed by atoms with E-state index in [1.165, 1.54) is 25.0 Å². The Hall–Kier alpha value is -1.05. The quantitative estimate of drug-likeness (QED) is 0.718. The van der Waals surface area contributed by atoms with E-state index in [9.17, 15) is 4.39 Å². The van der Waals surface area contributed by atoms with Gasteiger partial charge in [-0.15, -0.1) is 0 Å². The molecule has 0 radical (unpaired) electrons. The Morgan fingerprint density at radius 3 is 2.27 bits per heavy atom. The second-order valence-electron chi connectivity index (χ2n) is 4.45. The minimum atomic E-state index is -0.209. The number of rotatable bonds is 2. The largest absolute Gasteiger partial charge is 0.490 e. The van der Waals surface area contributed by atoms with Gasteiger partial charge in [0, 0.05) is 0 Å². The molecule has 1 nitrogen and oxygen atoms in total. The standard InChI is InChI=1S/C13H17FO/c1-10-2-6-12(7-3-10)15-13-8-4-11(14)5-9-13/h4-5,8-10,12H,2-3,6-7H2,1H3. The van der Waals surface area contributed by atoms with E-state index in [1.54, 1.807) is 12.1 Å². The van der Waals surface area contributed by atoms with Crippen LogP contribution in [0.25, 0.3) is 0 Å². The zero-order valence-electron chi connectivity index (χ0n) is 9.08. The summed E-state index contributed by atoms with van der Waals surface area (Å²) in [5.74, 6) is 1.41. The summed E-state index contributed by atoms with van der Waals surface area (Å²) in [5.41, 5.74) is 0. The van der Waals surface area contributed by atoms with Crippen molar-refractivity contribution in [2.75, 3.05) is 0 Å². The van der Waals surface area contributed by atoms with Crippen molar-refractivity contribution in [2.45, 2.75) is 38.7 Å². The molecule has 1 fully saturated rings. The molecule has 0 N–H and O–H groups in total. The Labute approximate surface area is 90.3 Å². The molecule has 1 aliphatic carbocycles. The highest BCUT2D eigenvalue weighted by Crippen LogP contribution is 2.27. The van der Waals surface area contributed by atoms with Gasteiger partial charge < -0.3 is 4.74 Å². The molecule has 0 amide bonds. The Kier molecular flexibility index (Phi) is 3.24. The Balaban J connectivity index is 1.89. The van der Waals surface area contributed by atoms with Crippen LogP contribution in [0.2, 0.25) is 0 Å². The molecule has 0 heterocycles. The highest BCUT2D eigenvalue weighted by Gasteiger charge is 2.19. The lowest BCUT2D eigenvalue weighted by atomic mass is 9.89. The van der Waals surface area contributed by atoms with E-state index >= 15 is 0 Å². The predicted molar refractivity (Wildman–Crippen MR) is 58.4 cm³/mol. The fourth-order valence-electron chi connectivity index (χ4n) is 2.05. The maximum absolute atomic E-state index is 12.7. The molecule has 1 aromatic carbocycles. The zero-order valence-corrected chi connectivity index (χ0v) is 9.08. The molecule has 2 rings (SSSR count). The monoisotopic (exact) mass is 208 g/mol. The topological polar surface area (TPSA) is 9.23 Å². The molecule has 1 aliphatic rings. The van der Waals surface area contributed by atoms with Gasteiger partial charge in [-0.3, -0.25) is 0 Å². The van der Waals surface area contributed by atoms with Crippen molar-refractivity contribution < 1.29 is 9.13 Å². The molecule has 1 aromatic rings. The molecule has 2 heteroatoms. The van der Waals surface area contributed by atoms with Crippen molar-refractivity contribution in [3.8, 4) is 5.75 Å². The van der Waals surface area contributed by atoms with Crippen molar-refractivity contribution in [1.82, 2.24) is 0 Å². The van der Waals surface area contributed by atoms with E-state index in [4.69, 9.17) is 4.74 Å². The normalized spacial score (nSPS) is 26.3. The van der Waals surface area contributed by atoms with Crippen LogP contribution < -0.4 is 4.74 Å². The zero-order chi connectivity index (χ0) is 10.7. The van der Waals surface area contributed by atoms with Crippen LogP contribution in [0, 0.1) is 11.7 Å². The molecule has 15 heavy (non-hydrogen) atoms. The minimum absolute atomic E-state index is 0.209. The van der Waals surface area contributed by atoms with E-state index in [0.29, 0.717) is 6.10 Å². The molecule has 0 unspecified atom stereocenters. The Morgan fingerprint density at radius 2 is 1.67 bits per heavy atom. The van der Waals surface area contributed by atoms with Crippen LogP contribution in [0.5, 0.6) is 5.75 Å². The van der Waals surface area contributed by atoms with Crippen LogP contribution in [-0.4, -0.2) is 6.10 Å². The first-order chi connectivity index (χ1) is 7.24.